The van der Waals surface area contributed by atoms with Gasteiger partial charge in [0.1, 0.15) is 5.82 Å². The molecule has 0 aromatic carbocycles. The standard InChI is InChI=1S/C12H18F3N3O2S/c1-3-21(19,20)17(2)6-9-4-5-11-16-10(12(13,14)15)8-18(11)7-9/h8-9H,3-7H2,1-2H3. The Kier molecular flexibility index (Phi) is 4.34. The summed E-state index contributed by atoms with van der Waals surface area (Å²) in [6.07, 6.45) is -2.36. The molecule has 120 valence electrons. The lowest BCUT2D eigenvalue weighted by molar-refractivity contribution is -0.141. The first-order valence-corrected chi connectivity index (χ1v) is 8.31. The topological polar surface area (TPSA) is 55.2 Å². The van der Waals surface area contributed by atoms with Crippen molar-refractivity contribution in [2.75, 3.05) is 19.3 Å². The van der Waals surface area contributed by atoms with Crippen LogP contribution in [0, 0.1) is 5.92 Å². The van der Waals surface area contributed by atoms with Crippen molar-refractivity contribution in [2.24, 2.45) is 5.92 Å². The maximum Gasteiger partial charge on any atom is 0.434 e. The van der Waals surface area contributed by atoms with Gasteiger partial charge in [-0.05, 0) is 19.3 Å². The highest BCUT2D eigenvalue weighted by Gasteiger charge is 2.36. The van der Waals surface area contributed by atoms with Crippen molar-refractivity contribution in [1.29, 1.82) is 0 Å². The molecule has 0 amide bonds. The van der Waals surface area contributed by atoms with Crippen molar-refractivity contribution >= 4 is 10.0 Å². The predicted octanol–water partition coefficient (Wildman–Crippen LogP) is 1.75. The van der Waals surface area contributed by atoms with Crippen LogP contribution in [0.5, 0.6) is 0 Å². The first kappa shape index (κ1) is 16.3. The fraction of sp³-hybridized carbons (Fsp3) is 0.750. The van der Waals surface area contributed by atoms with E-state index in [1.54, 1.807) is 6.92 Å². The van der Waals surface area contributed by atoms with Crippen LogP contribution in [-0.2, 0) is 29.2 Å². The van der Waals surface area contributed by atoms with Gasteiger partial charge in [0.05, 0.1) is 5.75 Å². The second-order valence-corrected chi connectivity index (χ2v) is 7.64. The van der Waals surface area contributed by atoms with Crippen molar-refractivity contribution in [1.82, 2.24) is 13.9 Å². The van der Waals surface area contributed by atoms with E-state index in [9.17, 15) is 21.6 Å². The highest BCUT2D eigenvalue weighted by Crippen LogP contribution is 2.30. The molecule has 0 spiro atoms. The third kappa shape index (κ3) is 3.57. The molecular formula is C12H18F3N3O2S. The Labute approximate surface area is 121 Å². The molecule has 0 saturated carbocycles. The van der Waals surface area contributed by atoms with Crippen LogP contribution in [0.2, 0.25) is 0 Å². The predicted molar refractivity (Wildman–Crippen MR) is 71.1 cm³/mol. The SMILES string of the molecule is CCS(=O)(=O)N(C)CC1CCc2nc(C(F)(F)F)cn2C1. The minimum atomic E-state index is -4.44. The van der Waals surface area contributed by atoms with Gasteiger partial charge in [0.2, 0.25) is 10.0 Å². The number of aryl methyl sites for hydroxylation is 1. The highest BCUT2D eigenvalue weighted by molar-refractivity contribution is 7.89. The second-order valence-electron chi connectivity index (χ2n) is 5.28. The number of fused-ring (bicyclic) bond motifs is 1. The largest absolute Gasteiger partial charge is 0.434 e. The number of sulfonamides is 1. The van der Waals surface area contributed by atoms with Gasteiger partial charge in [-0.25, -0.2) is 17.7 Å². The number of hydrogen-bond donors (Lipinski definition) is 0. The van der Waals surface area contributed by atoms with Gasteiger partial charge < -0.3 is 4.57 Å². The zero-order valence-electron chi connectivity index (χ0n) is 11.9. The summed E-state index contributed by atoms with van der Waals surface area (Å²) in [5.74, 6) is 0.434. The quantitative estimate of drug-likeness (QED) is 0.847. The average molecular weight is 325 g/mol. The van der Waals surface area contributed by atoms with E-state index in [4.69, 9.17) is 0 Å². The lowest BCUT2D eigenvalue weighted by Gasteiger charge is -2.27. The van der Waals surface area contributed by atoms with Crippen molar-refractivity contribution < 1.29 is 21.6 Å². The summed E-state index contributed by atoms with van der Waals surface area (Å²) in [7, 11) is -1.76. The minimum Gasteiger partial charge on any atom is -0.334 e. The monoisotopic (exact) mass is 325 g/mol. The Hall–Kier alpha value is -1.09. The van der Waals surface area contributed by atoms with Gasteiger partial charge in [-0.15, -0.1) is 0 Å². The summed E-state index contributed by atoms with van der Waals surface area (Å²) in [5, 5.41) is 0. The summed E-state index contributed by atoms with van der Waals surface area (Å²) in [6.45, 7) is 2.24. The number of imidazole rings is 1. The van der Waals surface area contributed by atoms with Crippen LogP contribution in [0.3, 0.4) is 0 Å². The molecule has 0 bridgehead atoms. The van der Waals surface area contributed by atoms with E-state index < -0.39 is 21.9 Å². The molecule has 1 atom stereocenters. The number of aromatic nitrogens is 2. The van der Waals surface area contributed by atoms with Crippen molar-refractivity contribution in [2.45, 2.75) is 32.5 Å². The second kappa shape index (κ2) is 5.60. The number of nitrogens with zero attached hydrogens (tertiary/aromatic N) is 3. The Morgan fingerprint density at radius 2 is 2.14 bits per heavy atom. The molecule has 1 aliphatic rings. The normalized spacial score (nSPS) is 19.8. The summed E-state index contributed by atoms with van der Waals surface area (Å²) >= 11 is 0. The van der Waals surface area contributed by atoms with Crippen LogP contribution in [-0.4, -0.2) is 41.6 Å². The van der Waals surface area contributed by atoms with Crippen LogP contribution in [0.15, 0.2) is 6.20 Å². The van der Waals surface area contributed by atoms with Crippen molar-refractivity contribution in [3.8, 4) is 0 Å². The zero-order chi connectivity index (χ0) is 15.8. The first-order chi connectivity index (χ1) is 9.63. The van der Waals surface area contributed by atoms with E-state index in [0.29, 0.717) is 31.8 Å². The molecule has 2 heterocycles. The van der Waals surface area contributed by atoms with E-state index in [0.717, 1.165) is 6.20 Å². The van der Waals surface area contributed by atoms with Gasteiger partial charge in [-0.2, -0.15) is 13.2 Å². The van der Waals surface area contributed by atoms with E-state index in [1.165, 1.54) is 15.9 Å². The van der Waals surface area contributed by atoms with Crippen molar-refractivity contribution in [3.05, 3.63) is 17.7 Å². The fourth-order valence-electron chi connectivity index (χ4n) is 2.50. The molecule has 1 aromatic rings. The maximum absolute atomic E-state index is 12.6. The highest BCUT2D eigenvalue weighted by atomic mass is 32.2. The number of alkyl halides is 3. The summed E-state index contributed by atoms with van der Waals surface area (Å²) in [4.78, 5) is 3.61. The zero-order valence-corrected chi connectivity index (χ0v) is 12.7. The minimum absolute atomic E-state index is 0.000825. The summed E-state index contributed by atoms with van der Waals surface area (Å²) < 4.78 is 64.1. The van der Waals surface area contributed by atoms with Crippen LogP contribution in [0.25, 0.3) is 0 Å². The lowest BCUT2D eigenvalue weighted by Crippen LogP contribution is -2.36. The van der Waals surface area contributed by atoms with Gasteiger partial charge in [0, 0.05) is 32.8 Å². The van der Waals surface area contributed by atoms with Crippen LogP contribution < -0.4 is 0 Å². The summed E-state index contributed by atoms with van der Waals surface area (Å²) in [5.41, 5.74) is -0.882. The van der Waals surface area contributed by atoms with E-state index >= 15 is 0 Å². The van der Waals surface area contributed by atoms with Gasteiger partial charge in [0.25, 0.3) is 0 Å². The maximum atomic E-state index is 12.6. The molecule has 0 radical (unpaired) electrons. The third-order valence-corrected chi connectivity index (χ3v) is 5.56. The summed E-state index contributed by atoms with van der Waals surface area (Å²) in [6, 6.07) is 0. The molecule has 5 nitrogen and oxygen atoms in total. The lowest BCUT2D eigenvalue weighted by atomic mass is 10.00. The first-order valence-electron chi connectivity index (χ1n) is 6.70. The molecule has 9 heteroatoms. The molecule has 21 heavy (non-hydrogen) atoms. The third-order valence-electron chi connectivity index (χ3n) is 3.74. The Morgan fingerprint density at radius 3 is 2.71 bits per heavy atom. The smallest absolute Gasteiger partial charge is 0.334 e. The van der Waals surface area contributed by atoms with Crippen LogP contribution in [0.4, 0.5) is 13.2 Å². The number of rotatable bonds is 4. The molecule has 1 aromatic heterocycles. The molecular weight excluding hydrogens is 307 g/mol. The van der Waals surface area contributed by atoms with E-state index in [2.05, 4.69) is 4.98 Å². The van der Waals surface area contributed by atoms with Gasteiger partial charge in [-0.3, -0.25) is 0 Å². The molecule has 1 unspecified atom stereocenters. The molecule has 0 N–H and O–H groups in total. The Bertz CT molecular complexity index is 610. The van der Waals surface area contributed by atoms with Crippen molar-refractivity contribution in [3.63, 3.8) is 0 Å². The van der Waals surface area contributed by atoms with Gasteiger partial charge >= 0.3 is 6.18 Å². The van der Waals surface area contributed by atoms with Crippen LogP contribution in [0.1, 0.15) is 24.9 Å². The number of halogens is 3. The van der Waals surface area contributed by atoms with Gasteiger partial charge in [0.15, 0.2) is 5.69 Å². The molecule has 1 aliphatic heterocycles. The van der Waals surface area contributed by atoms with Gasteiger partial charge in [-0.1, -0.05) is 0 Å². The van der Waals surface area contributed by atoms with Crippen LogP contribution >= 0.6 is 0 Å². The molecule has 0 saturated heterocycles. The molecule has 0 aliphatic carbocycles. The van der Waals surface area contributed by atoms with E-state index in [-0.39, 0.29) is 11.7 Å². The number of hydrogen-bond acceptors (Lipinski definition) is 3. The molecule has 0 fully saturated rings. The van der Waals surface area contributed by atoms with E-state index in [1.807, 2.05) is 0 Å². The Balaban J connectivity index is 2.08. The molecule has 2 rings (SSSR count). The average Bonchev–Trinajstić information content (AvgIpc) is 2.81. The fourth-order valence-corrected chi connectivity index (χ4v) is 3.38. The Morgan fingerprint density at radius 1 is 1.48 bits per heavy atom.